The quantitative estimate of drug-likeness (QED) is 0.782. The fourth-order valence-electron chi connectivity index (χ4n) is 2.13. The summed E-state index contributed by atoms with van der Waals surface area (Å²) in [5.41, 5.74) is 3.87. The van der Waals surface area contributed by atoms with E-state index in [1.54, 1.807) is 4.68 Å². The van der Waals surface area contributed by atoms with Crippen LogP contribution in [0, 0.1) is 6.92 Å². The second-order valence-electron chi connectivity index (χ2n) is 4.73. The summed E-state index contributed by atoms with van der Waals surface area (Å²) in [4.78, 5) is 4.33. The molecule has 1 unspecified atom stereocenters. The number of nitrogens with zero attached hydrogens (tertiary/aromatic N) is 3. The number of oxazole rings is 1. The van der Waals surface area contributed by atoms with Crippen molar-refractivity contribution in [1.29, 1.82) is 0 Å². The molecule has 0 aliphatic heterocycles. The Morgan fingerprint density at radius 1 is 1.37 bits per heavy atom. The largest absolute Gasteiger partial charge is 0.441 e. The summed E-state index contributed by atoms with van der Waals surface area (Å²) in [5, 5.41) is 7.62. The van der Waals surface area contributed by atoms with Gasteiger partial charge in [-0.25, -0.2) is 4.98 Å². The number of hydrogen-bond donors (Lipinski definition) is 1. The van der Waals surface area contributed by atoms with E-state index in [2.05, 4.69) is 22.3 Å². The highest BCUT2D eigenvalue weighted by atomic mass is 16.3. The van der Waals surface area contributed by atoms with Crippen LogP contribution in [-0.4, -0.2) is 14.8 Å². The van der Waals surface area contributed by atoms with Gasteiger partial charge in [-0.05, 0) is 25.1 Å². The van der Waals surface area contributed by atoms with Gasteiger partial charge < -0.3 is 9.73 Å². The van der Waals surface area contributed by atoms with Crippen LogP contribution in [0.1, 0.15) is 24.4 Å². The molecule has 98 valence electrons. The molecule has 1 atom stereocenters. The van der Waals surface area contributed by atoms with E-state index >= 15 is 0 Å². The first-order chi connectivity index (χ1) is 9.11. The fourth-order valence-corrected chi connectivity index (χ4v) is 2.13. The van der Waals surface area contributed by atoms with E-state index in [1.165, 1.54) is 0 Å². The first-order valence-corrected chi connectivity index (χ1v) is 6.24. The van der Waals surface area contributed by atoms with Crippen molar-refractivity contribution in [2.45, 2.75) is 19.9 Å². The summed E-state index contributed by atoms with van der Waals surface area (Å²) in [5.74, 6) is 0.687. The van der Waals surface area contributed by atoms with Crippen molar-refractivity contribution in [2.24, 2.45) is 7.05 Å². The molecule has 2 heterocycles. The van der Waals surface area contributed by atoms with Crippen LogP contribution in [-0.2, 0) is 7.05 Å². The summed E-state index contributed by atoms with van der Waals surface area (Å²) in [6, 6.07) is 6.13. The average molecular weight is 256 g/mol. The third-order valence-corrected chi connectivity index (χ3v) is 3.10. The molecule has 5 nitrogen and oxygen atoms in total. The minimum Gasteiger partial charge on any atom is -0.441 e. The molecule has 0 radical (unpaired) electrons. The summed E-state index contributed by atoms with van der Waals surface area (Å²) >= 11 is 0. The topological polar surface area (TPSA) is 55.9 Å². The number of nitrogens with one attached hydrogen (secondary N) is 1. The third kappa shape index (κ3) is 2.31. The van der Waals surface area contributed by atoms with Gasteiger partial charge in [-0.2, -0.15) is 5.10 Å². The molecule has 1 N–H and O–H groups in total. The molecule has 0 spiro atoms. The number of fused-ring (bicyclic) bond motifs is 1. The summed E-state index contributed by atoms with van der Waals surface area (Å²) < 4.78 is 7.27. The smallest absolute Gasteiger partial charge is 0.192 e. The highest BCUT2D eigenvalue weighted by Crippen LogP contribution is 2.23. The van der Waals surface area contributed by atoms with Gasteiger partial charge in [0.2, 0.25) is 0 Å². The lowest BCUT2D eigenvalue weighted by molar-refractivity contribution is 0.561. The van der Waals surface area contributed by atoms with Crippen LogP contribution in [0.2, 0.25) is 0 Å². The van der Waals surface area contributed by atoms with E-state index in [0.29, 0.717) is 5.89 Å². The molecule has 0 aliphatic carbocycles. The van der Waals surface area contributed by atoms with Crippen LogP contribution in [0.4, 0.5) is 5.69 Å². The number of hydrogen-bond acceptors (Lipinski definition) is 4. The monoisotopic (exact) mass is 256 g/mol. The average Bonchev–Trinajstić information content (AvgIpc) is 2.93. The Hall–Kier alpha value is -2.30. The van der Waals surface area contributed by atoms with E-state index in [1.807, 2.05) is 44.6 Å². The number of aryl methyl sites for hydroxylation is 2. The molecule has 0 amide bonds. The van der Waals surface area contributed by atoms with E-state index in [4.69, 9.17) is 4.42 Å². The molecular formula is C14H16N4O. The number of anilines is 1. The number of aromatic nitrogens is 3. The lowest BCUT2D eigenvalue weighted by Gasteiger charge is -2.13. The molecule has 0 bridgehead atoms. The molecule has 5 heteroatoms. The van der Waals surface area contributed by atoms with Gasteiger partial charge in [0.25, 0.3) is 0 Å². The Bertz CT molecular complexity index is 713. The maximum atomic E-state index is 5.46. The molecule has 3 aromatic rings. The van der Waals surface area contributed by atoms with Gasteiger partial charge in [0.1, 0.15) is 5.52 Å². The zero-order valence-corrected chi connectivity index (χ0v) is 11.2. The van der Waals surface area contributed by atoms with Crippen molar-refractivity contribution in [3.05, 3.63) is 42.0 Å². The second kappa shape index (κ2) is 4.42. The lowest BCUT2D eigenvalue weighted by atomic mass is 10.2. The van der Waals surface area contributed by atoms with Crippen molar-refractivity contribution < 1.29 is 4.42 Å². The predicted molar refractivity (Wildman–Crippen MR) is 74.0 cm³/mol. The first-order valence-electron chi connectivity index (χ1n) is 6.24. The normalized spacial score (nSPS) is 12.8. The number of benzene rings is 1. The lowest BCUT2D eigenvalue weighted by Crippen LogP contribution is -2.05. The second-order valence-corrected chi connectivity index (χ2v) is 4.73. The Kier molecular flexibility index (Phi) is 2.74. The minimum atomic E-state index is 0.194. The number of rotatable bonds is 3. The van der Waals surface area contributed by atoms with Gasteiger partial charge in [-0.1, -0.05) is 0 Å². The van der Waals surface area contributed by atoms with E-state index < -0.39 is 0 Å². The Balaban J connectivity index is 1.84. The molecular weight excluding hydrogens is 240 g/mol. The summed E-state index contributed by atoms with van der Waals surface area (Å²) in [6.45, 7) is 3.96. The van der Waals surface area contributed by atoms with Crippen LogP contribution < -0.4 is 5.32 Å². The van der Waals surface area contributed by atoms with Crippen LogP contribution in [0.25, 0.3) is 11.1 Å². The highest BCUT2D eigenvalue weighted by molar-refractivity contribution is 5.77. The predicted octanol–water partition coefficient (Wildman–Crippen LogP) is 3.04. The molecule has 3 rings (SSSR count). The Morgan fingerprint density at radius 3 is 2.95 bits per heavy atom. The van der Waals surface area contributed by atoms with Crippen LogP contribution in [0.3, 0.4) is 0 Å². The molecule has 0 fully saturated rings. The summed E-state index contributed by atoms with van der Waals surface area (Å²) in [7, 11) is 1.92. The zero-order valence-electron chi connectivity index (χ0n) is 11.2. The van der Waals surface area contributed by atoms with Gasteiger partial charge in [-0.3, -0.25) is 4.68 Å². The van der Waals surface area contributed by atoms with Gasteiger partial charge in [-0.15, -0.1) is 0 Å². The van der Waals surface area contributed by atoms with E-state index in [9.17, 15) is 0 Å². The maximum Gasteiger partial charge on any atom is 0.192 e. The Labute approximate surface area is 111 Å². The fraction of sp³-hybridized carbons (Fsp3) is 0.286. The minimum absolute atomic E-state index is 0.194. The van der Waals surface area contributed by atoms with Crippen molar-refractivity contribution >= 4 is 16.8 Å². The molecule has 0 saturated heterocycles. The van der Waals surface area contributed by atoms with Crippen LogP contribution in [0.5, 0.6) is 0 Å². The molecule has 2 aromatic heterocycles. The van der Waals surface area contributed by atoms with E-state index in [0.717, 1.165) is 22.4 Å². The van der Waals surface area contributed by atoms with Gasteiger partial charge >= 0.3 is 0 Å². The molecule has 1 aromatic carbocycles. The van der Waals surface area contributed by atoms with Crippen LogP contribution in [0.15, 0.2) is 35.0 Å². The zero-order chi connectivity index (χ0) is 13.4. The van der Waals surface area contributed by atoms with Crippen molar-refractivity contribution in [3.8, 4) is 0 Å². The summed E-state index contributed by atoms with van der Waals surface area (Å²) in [6.07, 6.45) is 3.88. The van der Waals surface area contributed by atoms with Gasteiger partial charge in [0.15, 0.2) is 11.5 Å². The standard InChI is InChI=1S/C14H16N4O/c1-9(11-7-15-18(3)8-11)16-12-4-5-14-13(6-12)17-10(2)19-14/h4-9,16H,1-3H3. The van der Waals surface area contributed by atoms with Gasteiger partial charge in [0.05, 0.1) is 12.2 Å². The van der Waals surface area contributed by atoms with Crippen molar-refractivity contribution in [3.63, 3.8) is 0 Å². The van der Waals surface area contributed by atoms with Crippen molar-refractivity contribution in [2.75, 3.05) is 5.32 Å². The first kappa shape index (κ1) is 11.8. The maximum absolute atomic E-state index is 5.46. The van der Waals surface area contributed by atoms with E-state index in [-0.39, 0.29) is 6.04 Å². The molecule has 0 saturated carbocycles. The highest BCUT2D eigenvalue weighted by Gasteiger charge is 2.09. The molecule has 0 aliphatic rings. The van der Waals surface area contributed by atoms with Gasteiger partial charge in [0, 0.05) is 31.4 Å². The molecule has 19 heavy (non-hydrogen) atoms. The van der Waals surface area contributed by atoms with Crippen LogP contribution >= 0.6 is 0 Å². The third-order valence-electron chi connectivity index (χ3n) is 3.10. The van der Waals surface area contributed by atoms with Crippen molar-refractivity contribution in [1.82, 2.24) is 14.8 Å². The SMILES string of the molecule is Cc1nc2cc(NC(C)c3cnn(C)c3)ccc2o1. The Morgan fingerprint density at radius 2 is 2.21 bits per heavy atom.